The zero-order valence-corrected chi connectivity index (χ0v) is 17.0. The van der Waals surface area contributed by atoms with Gasteiger partial charge >= 0.3 is 0 Å². The summed E-state index contributed by atoms with van der Waals surface area (Å²) in [6.07, 6.45) is 7.31. The molecule has 0 atom stereocenters. The monoisotopic (exact) mass is 385 g/mol. The Hall–Kier alpha value is -1.65. The molecule has 3 nitrogen and oxygen atoms in total. The highest BCUT2D eigenvalue weighted by Crippen LogP contribution is 2.39. The molecule has 136 valence electrons. The van der Waals surface area contributed by atoms with E-state index in [-0.39, 0.29) is 0 Å². The summed E-state index contributed by atoms with van der Waals surface area (Å²) in [7, 11) is 2.10. The van der Waals surface area contributed by atoms with Crippen LogP contribution in [0.3, 0.4) is 0 Å². The number of hydrogen-bond donors (Lipinski definition) is 0. The van der Waals surface area contributed by atoms with Crippen LogP contribution in [-0.4, -0.2) is 23.6 Å². The van der Waals surface area contributed by atoms with Crippen molar-refractivity contribution in [3.8, 4) is 11.1 Å². The number of fused-ring (bicyclic) bond motifs is 2. The van der Waals surface area contributed by atoms with Gasteiger partial charge in [-0.2, -0.15) is 4.98 Å². The largest absolute Gasteiger partial charge is 0.359 e. The molecule has 26 heavy (non-hydrogen) atoms. The van der Waals surface area contributed by atoms with Crippen molar-refractivity contribution in [2.24, 2.45) is 0 Å². The summed E-state index contributed by atoms with van der Waals surface area (Å²) >= 11 is 7.86. The van der Waals surface area contributed by atoms with Crippen LogP contribution in [0.5, 0.6) is 0 Å². The van der Waals surface area contributed by atoms with Crippen molar-refractivity contribution >= 4 is 39.0 Å². The lowest BCUT2D eigenvalue weighted by Crippen LogP contribution is -2.20. The lowest BCUT2D eigenvalue weighted by Gasteiger charge is -2.20. The third-order valence-electron chi connectivity index (χ3n) is 5.26. The van der Waals surface area contributed by atoms with Gasteiger partial charge in [0.2, 0.25) is 5.28 Å². The molecular formula is C21H24ClN3S. The zero-order chi connectivity index (χ0) is 18.1. The molecule has 0 radical (unpaired) electrons. The van der Waals surface area contributed by atoms with Crippen molar-refractivity contribution in [1.82, 2.24) is 9.97 Å². The van der Waals surface area contributed by atoms with Gasteiger partial charge in [-0.3, -0.25) is 0 Å². The fraction of sp³-hybridized carbons (Fsp3) is 0.429. The van der Waals surface area contributed by atoms with Crippen LogP contribution in [0, 0.1) is 0 Å². The molecule has 0 unspecified atom stereocenters. The number of aromatic nitrogens is 2. The molecule has 0 aliphatic heterocycles. The van der Waals surface area contributed by atoms with Gasteiger partial charge < -0.3 is 4.90 Å². The number of rotatable bonds is 5. The number of unbranched alkanes of at least 4 members (excludes halogenated alkanes) is 1. The quantitative estimate of drug-likeness (QED) is 0.495. The Morgan fingerprint density at radius 3 is 2.77 bits per heavy atom. The lowest BCUT2D eigenvalue weighted by atomic mass is 9.89. The molecule has 1 aromatic carbocycles. The van der Waals surface area contributed by atoms with Crippen LogP contribution < -0.4 is 4.90 Å². The van der Waals surface area contributed by atoms with Gasteiger partial charge in [0.05, 0.1) is 5.39 Å². The summed E-state index contributed by atoms with van der Waals surface area (Å²) in [5.74, 6) is 0.947. The number of aryl methyl sites for hydroxylation is 2. The van der Waals surface area contributed by atoms with Crippen LogP contribution in [0.1, 0.15) is 43.7 Å². The molecule has 4 rings (SSSR count). The minimum absolute atomic E-state index is 0.328. The molecule has 0 saturated heterocycles. The normalized spacial score (nSPS) is 13.8. The van der Waals surface area contributed by atoms with Crippen LogP contribution in [0.4, 0.5) is 5.82 Å². The Morgan fingerprint density at radius 1 is 1.15 bits per heavy atom. The van der Waals surface area contributed by atoms with Crippen LogP contribution in [-0.2, 0) is 12.8 Å². The van der Waals surface area contributed by atoms with Crippen molar-refractivity contribution in [2.75, 3.05) is 18.5 Å². The summed E-state index contributed by atoms with van der Waals surface area (Å²) < 4.78 is 0. The van der Waals surface area contributed by atoms with E-state index in [1.54, 1.807) is 11.3 Å². The number of nitrogens with zero attached hydrogens (tertiary/aromatic N) is 3. The van der Waals surface area contributed by atoms with Crippen LogP contribution in [0.2, 0.25) is 5.28 Å². The molecule has 0 spiro atoms. The van der Waals surface area contributed by atoms with Gasteiger partial charge in [-0.25, -0.2) is 4.98 Å². The first-order chi connectivity index (χ1) is 12.7. The minimum atomic E-state index is 0.328. The fourth-order valence-corrected chi connectivity index (χ4v) is 4.95. The summed E-state index contributed by atoms with van der Waals surface area (Å²) in [4.78, 5) is 12.3. The molecule has 0 fully saturated rings. The number of anilines is 1. The van der Waals surface area contributed by atoms with Gasteiger partial charge in [-0.05, 0) is 60.4 Å². The molecule has 0 amide bonds. The second kappa shape index (κ2) is 7.53. The van der Waals surface area contributed by atoms with E-state index in [0.717, 1.165) is 35.4 Å². The van der Waals surface area contributed by atoms with Crippen molar-refractivity contribution in [2.45, 2.75) is 45.4 Å². The predicted octanol–water partition coefficient (Wildman–Crippen LogP) is 6.13. The number of hydrogen-bond acceptors (Lipinski definition) is 4. The summed E-state index contributed by atoms with van der Waals surface area (Å²) in [5, 5.41) is 3.67. The van der Waals surface area contributed by atoms with Crippen LogP contribution in [0.15, 0.2) is 23.6 Å². The van der Waals surface area contributed by atoms with Gasteiger partial charge in [0.25, 0.3) is 0 Å². The first-order valence-corrected chi connectivity index (χ1v) is 10.7. The molecule has 2 aromatic heterocycles. The summed E-state index contributed by atoms with van der Waals surface area (Å²) in [5.41, 5.74) is 5.52. The van der Waals surface area contributed by atoms with Gasteiger partial charge in [-0.1, -0.05) is 31.5 Å². The smallest absolute Gasteiger partial charge is 0.225 e. The van der Waals surface area contributed by atoms with Crippen LogP contribution >= 0.6 is 22.9 Å². The van der Waals surface area contributed by atoms with E-state index in [1.165, 1.54) is 47.9 Å². The van der Waals surface area contributed by atoms with Gasteiger partial charge in [0, 0.05) is 24.5 Å². The number of halogens is 1. The van der Waals surface area contributed by atoms with Crippen molar-refractivity contribution in [3.05, 3.63) is 40.0 Å². The van der Waals surface area contributed by atoms with E-state index < -0.39 is 0 Å². The third kappa shape index (κ3) is 3.33. The first-order valence-electron chi connectivity index (χ1n) is 9.45. The molecule has 0 saturated carbocycles. The third-order valence-corrected chi connectivity index (χ3v) is 6.30. The Balaban J connectivity index is 1.83. The molecule has 5 heteroatoms. The molecule has 2 heterocycles. The van der Waals surface area contributed by atoms with Crippen LogP contribution in [0.25, 0.3) is 21.3 Å². The Labute approximate surface area is 164 Å². The second-order valence-electron chi connectivity index (χ2n) is 7.11. The number of benzene rings is 1. The van der Waals surface area contributed by atoms with Gasteiger partial charge in [-0.15, -0.1) is 11.3 Å². The Morgan fingerprint density at radius 2 is 1.96 bits per heavy atom. The van der Waals surface area contributed by atoms with Crippen molar-refractivity contribution in [1.29, 1.82) is 0 Å². The highest BCUT2D eigenvalue weighted by molar-refractivity contribution is 7.17. The lowest BCUT2D eigenvalue weighted by molar-refractivity contribution is 0.686. The molecule has 0 N–H and O–H groups in total. The first kappa shape index (κ1) is 17.7. The molecule has 1 aliphatic rings. The van der Waals surface area contributed by atoms with E-state index in [2.05, 4.69) is 52.4 Å². The van der Waals surface area contributed by atoms with Gasteiger partial charge in [0.15, 0.2) is 0 Å². The second-order valence-corrected chi connectivity index (χ2v) is 8.31. The summed E-state index contributed by atoms with van der Waals surface area (Å²) in [6.45, 7) is 3.18. The average Bonchev–Trinajstić information content (AvgIpc) is 3.08. The SMILES string of the molecule is CCCCN(C)c1nc(Cl)nc2scc(-c3ccc4c(c3)CCCC4)c12. The summed E-state index contributed by atoms with van der Waals surface area (Å²) in [6, 6.07) is 6.95. The molecule has 1 aliphatic carbocycles. The highest BCUT2D eigenvalue weighted by Gasteiger charge is 2.19. The maximum atomic E-state index is 6.21. The number of thiophene rings is 1. The Bertz CT molecular complexity index is 934. The average molecular weight is 386 g/mol. The predicted molar refractivity (Wildman–Crippen MR) is 113 cm³/mol. The minimum Gasteiger partial charge on any atom is -0.359 e. The molecule has 3 aromatic rings. The fourth-order valence-electron chi connectivity index (χ4n) is 3.79. The Kier molecular flexibility index (Phi) is 5.14. The standard InChI is InChI=1S/C21H24ClN3S/c1-3-4-11-25(2)19-18-17(13-26-20(18)24-21(22)23-19)16-10-9-14-7-5-6-8-15(14)12-16/h9-10,12-13H,3-8,11H2,1-2H3. The van der Waals surface area contributed by atoms with Crippen molar-refractivity contribution in [3.63, 3.8) is 0 Å². The maximum Gasteiger partial charge on any atom is 0.225 e. The molecular weight excluding hydrogens is 362 g/mol. The highest BCUT2D eigenvalue weighted by atomic mass is 35.5. The van der Waals surface area contributed by atoms with E-state index in [9.17, 15) is 0 Å². The van der Waals surface area contributed by atoms with Crippen molar-refractivity contribution < 1.29 is 0 Å². The van der Waals surface area contributed by atoms with E-state index >= 15 is 0 Å². The zero-order valence-electron chi connectivity index (χ0n) is 15.4. The van der Waals surface area contributed by atoms with Gasteiger partial charge in [0.1, 0.15) is 10.6 Å². The maximum absolute atomic E-state index is 6.21. The van der Waals surface area contributed by atoms with E-state index in [1.807, 2.05) is 0 Å². The van der Waals surface area contributed by atoms with E-state index in [4.69, 9.17) is 11.6 Å². The molecule has 0 bridgehead atoms. The topological polar surface area (TPSA) is 29.0 Å². The van der Waals surface area contributed by atoms with E-state index in [0.29, 0.717) is 5.28 Å².